The maximum atomic E-state index is 15.0. The molecular formula is C32H39FN6O9. The van der Waals surface area contributed by atoms with E-state index in [-0.39, 0.29) is 67.1 Å². The first-order valence-corrected chi connectivity index (χ1v) is 16.1. The number of halogens is 1. The van der Waals surface area contributed by atoms with E-state index in [2.05, 4.69) is 15.6 Å². The van der Waals surface area contributed by atoms with Crippen molar-refractivity contribution in [3.63, 3.8) is 0 Å². The number of carboxylic acids is 1. The molecule has 0 radical (unpaired) electrons. The minimum Gasteiger partial charge on any atom is -0.483 e. The van der Waals surface area contributed by atoms with Crippen molar-refractivity contribution in [1.82, 2.24) is 30.3 Å². The van der Waals surface area contributed by atoms with Crippen molar-refractivity contribution >= 4 is 46.6 Å². The van der Waals surface area contributed by atoms with Crippen molar-refractivity contribution in [2.45, 2.75) is 63.6 Å². The molecule has 1 aromatic heterocycles. The zero-order valence-corrected chi connectivity index (χ0v) is 26.6. The molecule has 2 atom stereocenters. The molecule has 2 aliphatic heterocycles. The Morgan fingerprint density at radius 3 is 2.42 bits per heavy atom. The highest BCUT2D eigenvalue weighted by Gasteiger charge is 2.36. The van der Waals surface area contributed by atoms with Crippen molar-refractivity contribution in [2.75, 3.05) is 45.9 Å². The number of carbonyl (C=O) groups excluding carboxylic acids is 5. The third-order valence-electron chi connectivity index (χ3n) is 8.76. The van der Waals surface area contributed by atoms with Gasteiger partial charge in [-0.15, -0.1) is 0 Å². The fraction of sp³-hybridized carbons (Fsp3) is 0.531. The van der Waals surface area contributed by atoms with Gasteiger partial charge in [0.1, 0.15) is 29.3 Å². The summed E-state index contributed by atoms with van der Waals surface area (Å²) in [4.78, 5) is 84.9. The molecule has 2 aromatic rings. The van der Waals surface area contributed by atoms with Crippen molar-refractivity contribution < 1.29 is 47.7 Å². The zero-order chi connectivity index (χ0) is 34.4. The standard InChI is InChI=1S/C32H39FN6O9/c1-2-47-32(46)38-14-12-37(13-15-38)31(45)23(17-27(41)42)36-29(43)22-16-25(28-20(33)8-4-9-21(28)35-22)48-18-26(40)39-11-5-10-24(39)30(44)34-19-6-3-7-19/h4,8-9,16,19,23-24H,2-3,5-7,10-15,17-18H2,1H3,(H,34,44)(H,36,43)(H,41,42)/t23-,24-/m0/s1. The lowest BCUT2D eigenvalue weighted by molar-refractivity contribution is -0.143. The minimum atomic E-state index is -1.47. The number of pyridine rings is 1. The van der Waals surface area contributed by atoms with Crippen LogP contribution in [0.15, 0.2) is 24.3 Å². The van der Waals surface area contributed by atoms with Crippen LogP contribution in [0.3, 0.4) is 0 Å². The van der Waals surface area contributed by atoms with Gasteiger partial charge in [-0.3, -0.25) is 24.0 Å². The van der Waals surface area contributed by atoms with Crippen LogP contribution in [-0.4, -0.2) is 125 Å². The van der Waals surface area contributed by atoms with Crippen molar-refractivity contribution in [3.05, 3.63) is 35.8 Å². The quantitative estimate of drug-likeness (QED) is 0.314. The topological polar surface area (TPSA) is 188 Å². The molecule has 2 saturated heterocycles. The van der Waals surface area contributed by atoms with Gasteiger partial charge in [-0.05, 0) is 51.2 Å². The number of hydrogen-bond donors (Lipinski definition) is 3. The number of fused-ring (bicyclic) bond motifs is 1. The van der Waals surface area contributed by atoms with E-state index >= 15 is 4.39 Å². The van der Waals surface area contributed by atoms with E-state index in [9.17, 15) is 33.9 Å². The third-order valence-corrected chi connectivity index (χ3v) is 8.76. The number of nitrogens with one attached hydrogen (secondary N) is 2. The maximum absolute atomic E-state index is 15.0. The molecule has 3 aliphatic rings. The number of hydrogen-bond acceptors (Lipinski definition) is 9. The normalized spacial score (nSPS) is 18.5. The Bertz CT molecular complexity index is 1580. The second kappa shape index (κ2) is 15.3. The molecule has 16 heteroatoms. The highest BCUT2D eigenvalue weighted by atomic mass is 19.1. The van der Waals surface area contributed by atoms with Gasteiger partial charge in [-0.25, -0.2) is 14.2 Å². The van der Waals surface area contributed by atoms with Crippen LogP contribution in [0.1, 0.15) is 55.9 Å². The summed E-state index contributed by atoms with van der Waals surface area (Å²) >= 11 is 0. The molecule has 0 bridgehead atoms. The Labute approximate surface area is 275 Å². The summed E-state index contributed by atoms with van der Waals surface area (Å²) in [5, 5.41) is 14.8. The first kappa shape index (κ1) is 34.3. The van der Waals surface area contributed by atoms with Gasteiger partial charge in [0.25, 0.3) is 11.8 Å². The largest absolute Gasteiger partial charge is 0.483 e. The second-order valence-electron chi connectivity index (χ2n) is 11.9. The number of nitrogens with zero attached hydrogens (tertiary/aromatic N) is 4. The van der Waals surface area contributed by atoms with Gasteiger partial charge in [-0.2, -0.15) is 0 Å². The van der Waals surface area contributed by atoms with Gasteiger partial charge in [0.05, 0.1) is 23.9 Å². The molecule has 0 unspecified atom stereocenters. The van der Waals surface area contributed by atoms with E-state index in [1.807, 2.05) is 0 Å². The number of rotatable bonds is 11. The molecule has 15 nitrogen and oxygen atoms in total. The van der Waals surface area contributed by atoms with E-state index < -0.39 is 60.7 Å². The molecule has 1 aromatic carbocycles. The lowest BCUT2D eigenvalue weighted by atomic mass is 9.93. The minimum absolute atomic E-state index is 0.0280. The predicted octanol–water partition coefficient (Wildman–Crippen LogP) is 1.29. The number of piperazine rings is 1. The number of amides is 5. The number of likely N-dealkylation sites (tertiary alicyclic amines) is 1. The van der Waals surface area contributed by atoms with Crippen molar-refractivity contribution in [2.24, 2.45) is 0 Å². The van der Waals surface area contributed by atoms with E-state index in [4.69, 9.17) is 9.47 Å². The van der Waals surface area contributed by atoms with E-state index in [0.717, 1.165) is 25.3 Å². The molecule has 1 saturated carbocycles. The van der Waals surface area contributed by atoms with Crippen LogP contribution >= 0.6 is 0 Å². The van der Waals surface area contributed by atoms with E-state index in [1.165, 1.54) is 32.9 Å². The van der Waals surface area contributed by atoms with Gasteiger partial charge >= 0.3 is 12.1 Å². The number of ether oxygens (including phenoxy) is 2. The number of benzene rings is 1. The summed E-state index contributed by atoms with van der Waals surface area (Å²) < 4.78 is 25.8. The molecular weight excluding hydrogens is 631 g/mol. The lowest BCUT2D eigenvalue weighted by Crippen LogP contribution is -2.56. The number of aliphatic carboxylic acids is 1. The summed E-state index contributed by atoms with van der Waals surface area (Å²) in [7, 11) is 0. The van der Waals surface area contributed by atoms with Gasteiger partial charge < -0.3 is 39.9 Å². The Kier molecular flexibility index (Phi) is 10.9. The van der Waals surface area contributed by atoms with E-state index in [1.54, 1.807) is 6.92 Å². The van der Waals surface area contributed by atoms with Crippen LogP contribution in [0.2, 0.25) is 0 Å². The number of aromatic nitrogens is 1. The Morgan fingerprint density at radius 1 is 1.02 bits per heavy atom. The van der Waals surface area contributed by atoms with Crippen LogP contribution in [-0.2, 0) is 23.9 Å². The molecule has 1 aliphatic carbocycles. The summed E-state index contributed by atoms with van der Waals surface area (Å²) in [5.74, 6) is -4.49. The van der Waals surface area contributed by atoms with Crippen LogP contribution in [0.5, 0.6) is 5.75 Å². The predicted molar refractivity (Wildman–Crippen MR) is 166 cm³/mol. The van der Waals surface area contributed by atoms with Gasteiger partial charge in [0.15, 0.2) is 6.61 Å². The fourth-order valence-corrected chi connectivity index (χ4v) is 6.00. The van der Waals surface area contributed by atoms with Crippen molar-refractivity contribution in [3.8, 4) is 5.75 Å². The van der Waals surface area contributed by atoms with Crippen LogP contribution in [0.25, 0.3) is 10.9 Å². The highest BCUT2D eigenvalue weighted by Crippen LogP contribution is 2.29. The average Bonchev–Trinajstić information content (AvgIpc) is 3.55. The molecule has 3 heterocycles. The van der Waals surface area contributed by atoms with Crippen LogP contribution in [0.4, 0.5) is 9.18 Å². The third kappa shape index (κ3) is 7.91. The van der Waals surface area contributed by atoms with Gasteiger partial charge in [0, 0.05) is 44.8 Å². The van der Waals surface area contributed by atoms with Crippen molar-refractivity contribution in [1.29, 1.82) is 0 Å². The van der Waals surface area contributed by atoms with Gasteiger partial charge in [-0.1, -0.05) is 6.07 Å². The highest BCUT2D eigenvalue weighted by molar-refractivity contribution is 6.00. The summed E-state index contributed by atoms with van der Waals surface area (Å²) in [6.45, 7) is 2.22. The Morgan fingerprint density at radius 2 is 1.75 bits per heavy atom. The lowest BCUT2D eigenvalue weighted by Gasteiger charge is -2.35. The monoisotopic (exact) mass is 670 g/mol. The first-order valence-electron chi connectivity index (χ1n) is 16.1. The molecule has 5 rings (SSSR count). The zero-order valence-electron chi connectivity index (χ0n) is 26.6. The van der Waals surface area contributed by atoms with E-state index in [0.29, 0.717) is 19.4 Å². The molecule has 3 fully saturated rings. The molecule has 48 heavy (non-hydrogen) atoms. The smallest absolute Gasteiger partial charge is 0.409 e. The Hall–Kier alpha value is -5.02. The van der Waals surface area contributed by atoms with Gasteiger partial charge in [0.2, 0.25) is 11.8 Å². The summed E-state index contributed by atoms with van der Waals surface area (Å²) in [6, 6.07) is 3.12. The molecule has 5 amide bonds. The van der Waals surface area contributed by atoms with Crippen LogP contribution in [0, 0.1) is 5.82 Å². The molecule has 0 spiro atoms. The average molecular weight is 671 g/mol. The fourth-order valence-electron chi connectivity index (χ4n) is 6.00. The van der Waals surface area contributed by atoms with Crippen LogP contribution < -0.4 is 15.4 Å². The number of carboxylic acid groups (broad SMARTS) is 1. The molecule has 258 valence electrons. The summed E-state index contributed by atoms with van der Waals surface area (Å²) in [6.07, 6.45) is 2.77. The SMILES string of the molecule is CCOC(=O)N1CCN(C(=O)[C@H](CC(=O)O)NC(=O)c2cc(OCC(=O)N3CCC[C@H]3C(=O)NC3CCC3)c3c(F)cccc3n2)CC1. The maximum Gasteiger partial charge on any atom is 0.409 e. The second-order valence-corrected chi connectivity index (χ2v) is 11.9. The first-order chi connectivity index (χ1) is 23.0. The number of carbonyl (C=O) groups is 6. The summed E-state index contributed by atoms with van der Waals surface area (Å²) in [5.41, 5.74) is -0.273. The molecule has 3 N–H and O–H groups in total. The Balaban J connectivity index is 1.29.